The average molecular weight is 286 g/mol. The van der Waals surface area contributed by atoms with Crippen molar-refractivity contribution in [1.82, 2.24) is 0 Å². The molecule has 1 aliphatic heterocycles. The van der Waals surface area contributed by atoms with Crippen molar-refractivity contribution < 1.29 is 13.9 Å². The number of hydrogen-bond acceptors (Lipinski definition) is 3. The summed E-state index contributed by atoms with van der Waals surface area (Å²) in [5.74, 6) is 0.131. The van der Waals surface area contributed by atoms with Gasteiger partial charge in [0.25, 0.3) is 0 Å². The summed E-state index contributed by atoms with van der Waals surface area (Å²) in [7, 11) is -1.65. The highest BCUT2D eigenvalue weighted by molar-refractivity contribution is 6.74. The van der Waals surface area contributed by atoms with E-state index in [-0.39, 0.29) is 10.8 Å². The van der Waals surface area contributed by atoms with Crippen LogP contribution in [-0.2, 0) is 13.9 Å². The Morgan fingerprint density at radius 3 is 2.21 bits per heavy atom. The van der Waals surface area contributed by atoms with Crippen LogP contribution in [0.5, 0.6) is 0 Å². The predicted molar refractivity (Wildman–Crippen MR) is 79.7 cm³/mol. The molecule has 0 aromatic heterocycles. The standard InChI is InChI=1S/C15H30O3Si/c1-12-11-13(18-19(5,6)14(2,3)4)7-8-15(12)16-9-10-17-15/h12-13H,7-11H2,1-6H3. The third-order valence-corrected chi connectivity index (χ3v) is 9.76. The van der Waals surface area contributed by atoms with E-state index in [4.69, 9.17) is 13.9 Å². The lowest BCUT2D eigenvalue weighted by molar-refractivity contribution is -0.218. The van der Waals surface area contributed by atoms with E-state index in [1.165, 1.54) is 0 Å². The van der Waals surface area contributed by atoms with E-state index in [0.29, 0.717) is 12.0 Å². The highest BCUT2D eigenvalue weighted by Crippen LogP contribution is 2.44. The topological polar surface area (TPSA) is 27.7 Å². The van der Waals surface area contributed by atoms with Crippen LogP contribution in [-0.4, -0.2) is 33.4 Å². The first-order valence-electron chi connectivity index (χ1n) is 7.62. The molecule has 2 fully saturated rings. The fourth-order valence-corrected chi connectivity index (χ4v) is 4.30. The Hall–Kier alpha value is 0.0969. The van der Waals surface area contributed by atoms with E-state index in [0.717, 1.165) is 32.5 Å². The zero-order chi connectivity index (χ0) is 14.3. The molecule has 1 heterocycles. The van der Waals surface area contributed by atoms with Gasteiger partial charge in [0.05, 0.1) is 13.2 Å². The normalized spacial score (nSPS) is 31.9. The van der Waals surface area contributed by atoms with E-state index >= 15 is 0 Å². The molecular formula is C15H30O3Si. The third-order valence-electron chi connectivity index (χ3n) is 5.23. The molecule has 2 unspecified atom stereocenters. The van der Waals surface area contributed by atoms with E-state index in [1.54, 1.807) is 0 Å². The molecule has 2 atom stereocenters. The fraction of sp³-hybridized carbons (Fsp3) is 1.00. The van der Waals surface area contributed by atoms with Crippen molar-refractivity contribution in [2.24, 2.45) is 5.92 Å². The lowest BCUT2D eigenvalue weighted by Crippen LogP contribution is -2.49. The molecular weight excluding hydrogens is 256 g/mol. The van der Waals surface area contributed by atoms with E-state index in [1.807, 2.05) is 0 Å². The van der Waals surface area contributed by atoms with Gasteiger partial charge in [0.15, 0.2) is 14.1 Å². The van der Waals surface area contributed by atoms with E-state index < -0.39 is 8.32 Å². The molecule has 1 saturated carbocycles. The highest BCUT2D eigenvalue weighted by Gasteiger charge is 2.48. The van der Waals surface area contributed by atoms with Gasteiger partial charge in [-0.15, -0.1) is 0 Å². The van der Waals surface area contributed by atoms with Gasteiger partial charge in [0.2, 0.25) is 0 Å². The second kappa shape index (κ2) is 5.13. The molecule has 0 radical (unpaired) electrons. The summed E-state index contributed by atoms with van der Waals surface area (Å²) in [5, 5.41) is 0.283. The van der Waals surface area contributed by atoms with Gasteiger partial charge >= 0.3 is 0 Å². The number of rotatable bonds is 2. The first-order valence-corrected chi connectivity index (χ1v) is 10.5. The smallest absolute Gasteiger partial charge is 0.192 e. The van der Waals surface area contributed by atoms with Crippen LogP contribution in [0.2, 0.25) is 18.1 Å². The lowest BCUT2D eigenvalue weighted by atomic mass is 9.83. The SMILES string of the molecule is CC1CC(O[Si](C)(C)C(C)(C)C)CCC12OCCO2. The first-order chi connectivity index (χ1) is 8.66. The van der Waals surface area contributed by atoms with Crippen molar-refractivity contribution in [2.75, 3.05) is 13.2 Å². The lowest BCUT2D eigenvalue weighted by Gasteiger charge is -2.45. The van der Waals surface area contributed by atoms with Gasteiger partial charge in [0, 0.05) is 18.4 Å². The van der Waals surface area contributed by atoms with Crippen LogP contribution < -0.4 is 0 Å². The quantitative estimate of drug-likeness (QED) is 0.720. The van der Waals surface area contributed by atoms with Crippen LogP contribution in [0.4, 0.5) is 0 Å². The van der Waals surface area contributed by atoms with Crippen LogP contribution in [0.3, 0.4) is 0 Å². The Bertz CT molecular complexity index is 316. The summed E-state index contributed by atoms with van der Waals surface area (Å²) < 4.78 is 18.3. The largest absolute Gasteiger partial charge is 0.414 e. The minimum atomic E-state index is -1.65. The summed E-state index contributed by atoms with van der Waals surface area (Å²) in [6.07, 6.45) is 3.49. The van der Waals surface area contributed by atoms with Crippen LogP contribution >= 0.6 is 0 Å². The fourth-order valence-electron chi connectivity index (χ4n) is 2.90. The van der Waals surface area contributed by atoms with Crippen LogP contribution in [0.25, 0.3) is 0 Å². The van der Waals surface area contributed by atoms with Gasteiger partial charge in [-0.3, -0.25) is 0 Å². The molecule has 2 aliphatic rings. The number of ether oxygens (including phenoxy) is 2. The van der Waals surface area contributed by atoms with Gasteiger partial charge < -0.3 is 13.9 Å². The summed E-state index contributed by atoms with van der Waals surface area (Å²) in [6.45, 7) is 15.3. The molecule has 1 aliphatic carbocycles. The average Bonchev–Trinajstić information content (AvgIpc) is 2.72. The zero-order valence-electron chi connectivity index (χ0n) is 13.4. The summed E-state index contributed by atoms with van der Waals surface area (Å²) >= 11 is 0. The third kappa shape index (κ3) is 3.07. The molecule has 19 heavy (non-hydrogen) atoms. The molecule has 2 rings (SSSR count). The Morgan fingerprint density at radius 1 is 1.16 bits per heavy atom. The van der Waals surface area contributed by atoms with Crippen LogP contribution in [0.1, 0.15) is 47.0 Å². The van der Waals surface area contributed by atoms with Gasteiger partial charge in [-0.2, -0.15) is 0 Å². The second-order valence-corrected chi connectivity index (χ2v) is 12.4. The first kappa shape index (κ1) is 15.5. The molecule has 0 aromatic carbocycles. The van der Waals surface area contributed by atoms with Crippen molar-refractivity contribution >= 4 is 8.32 Å². The monoisotopic (exact) mass is 286 g/mol. The zero-order valence-corrected chi connectivity index (χ0v) is 14.4. The maximum atomic E-state index is 6.54. The molecule has 0 amide bonds. The molecule has 1 spiro atoms. The minimum absolute atomic E-state index is 0.283. The predicted octanol–water partition coefficient (Wildman–Crippen LogP) is 3.94. The van der Waals surface area contributed by atoms with Crippen molar-refractivity contribution in [3.8, 4) is 0 Å². The number of hydrogen-bond donors (Lipinski definition) is 0. The summed E-state index contributed by atoms with van der Waals surface area (Å²) in [6, 6.07) is 0. The van der Waals surface area contributed by atoms with E-state index in [2.05, 4.69) is 40.8 Å². The Labute approximate surface area is 119 Å². The summed E-state index contributed by atoms with van der Waals surface area (Å²) in [4.78, 5) is 0. The van der Waals surface area contributed by atoms with Crippen molar-refractivity contribution in [3.63, 3.8) is 0 Å². The Morgan fingerprint density at radius 2 is 1.74 bits per heavy atom. The summed E-state index contributed by atoms with van der Waals surface area (Å²) in [5.41, 5.74) is 0. The van der Waals surface area contributed by atoms with Crippen molar-refractivity contribution in [1.29, 1.82) is 0 Å². The second-order valence-electron chi connectivity index (χ2n) is 7.68. The maximum Gasteiger partial charge on any atom is 0.192 e. The van der Waals surface area contributed by atoms with Gasteiger partial charge in [-0.1, -0.05) is 27.7 Å². The van der Waals surface area contributed by atoms with E-state index in [9.17, 15) is 0 Å². The van der Waals surface area contributed by atoms with Crippen molar-refractivity contribution in [2.45, 2.75) is 77.0 Å². The molecule has 3 nitrogen and oxygen atoms in total. The Balaban J connectivity index is 1.95. The van der Waals surface area contributed by atoms with Crippen molar-refractivity contribution in [3.05, 3.63) is 0 Å². The maximum absolute atomic E-state index is 6.54. The molecule has 112 valence electrons. The van der Waals surface area contributed by atoms with Crippen LogP contribution in [0.15, 0.2) is 0 Å². The molecule has 0 bridgehead atoms. The molecule has 0 N–H and O–H groups in total. The van der Waals surface area contributed by atoms with Gasteiger partial charge in [-0.05, 0) is 31.0 Å². The Kier molecular flexibility index (Phi) is 4.18. The van der Waals surface area contributed by atoms with Gasteiger partial charge in [0.1, 0.15) is 0 Å². The van der Waals surface area contributed by atoms with Gasteiger partial charge in [-0.25, -0.2) is 0 Å². The molecule has 1 saturated heterocycles. The molecule has 4 heteroatoms. The minimum Gasteiger partial charge on any atom is -0.414 e. The van der Waals surface area contributed by atoms with Crippen LogP contribution in [0, 0.1) is 5.92 Å². The molecule has 0 aromatic rings. The highest BCUT2D eigenvalue weighted by atomic mass is 28.4.